The molecule has 1 fully saturated rings. The van der Waals surface area contributed by atoms with Gasteiger partial charge < -0.3 is 10.0 Å². The van der Waals surface area contributed by atoms with Crippen molar-refractivity contribution in [2.75, 3.05) is 33.2 Å². The number of hydrogen-bond acceptors (Lipinski definition) is 4. The summed E-state index contributed by atoms with van der Waals surface area (Å²) in [4.78, 5) is 8.99. The number of aromatic nitrogens is 1. The predicted molar refractivity (Wildman–Crippen MR) is 101 cm³/mol. The Bertz CT molecular complexity index is 905. The van der Waals surface area contributed by atoms with E-state index < -0.39 is 0 Å². The topological polar surface area (TPSA) is 39.6 Å². The van der Waals surface area contributed by atoms with E-state index in [-0.39, 0.29) is 17.6 Å². The van der Waals surface area contributed by atoms with E-state index >= 15 is 0 Å². The third kappa shape index (κ3) is 3.16. The number of hydrogen-bond donors (Lipinski definition) is 1. The molecule has 2 aromatic carbocycles. The molecule has 1 saturated heterocycles. The van der Waals surface area contributed by atoms with E-state index in [1.54, 1.807) is 18.3 Å². The van der Waals surface area contributed by atoms with E-state index in [4.69, 9.17) is 0 Å². The van der Waals surface area contributed by atoms with Crippen molar-refractivity contribution in [1.29, 1.82) is 0 Å². The maximum absolute atomic E-state index is 13.5. The summed E-state index contributed by atoms with van der Waals surface area (Å²) in [7, 11) is 2.11. The van der Waals surface area contributed by atoms with Crippen molar-refractivity contribution in [3.05, 3.63) is 71.7 Å². The summed E-state index contributed by atoms with van der Waals surface area (Å²) >= 11 is 0. The molecule has 1 aromatic heterocycles. The number of likely N-dealkylation sites (N-methyl/N-ethyl adjacent to an activating group) is 1. The first-order valence-electron chi connectivity index (χ1n) is 8.88. The van der Waals surface area contributed by atoms with Crippen LogP contribution in [-0.4, -0.2) is 53.1 Å². The van der Waals surface area contributed by atoms with Crippen molar-refractivity contribution >= 4 is 10.9 Å². The van der Waals surface area contributed by atoms with Gasteiger partial charge in [-0.25, -0.2) is 4.39 Å². The number of rotatable bonds is 3. The molecule has 0 amide bonds. The van der Waals surface area contributed by atoms with Crippen LogP contribution in [0.5, 0.6) is 5.75 Å². The van der Waals surface area contributed by atoms with Crippen LogP contribution in [0, 0.1) is 5.82 Å². The zero-order valence-corrected chi connectivity index (χ0v) is 14.8. The van der Waals surface area contributed by atoms with E-state index in [1.165, 1.54) is 12.1 Å². The minimum Gasteiger partial charge on any atom is -0.505 e. The van der Waals surface area contributed by atoms with Crippen LogP contribution in [0.15, 0.2) is 54.7 Å². The van der Waals surface area contributed by atoms with Gasteiger partial charge in [0.05, 0.1) is 6.04 Å². The lowest BCUT2D eigenvalue weighted by molar-refractivity contribution is 0.126. The molecule has 0 saturated carbocycles. The van der Waals surface area contributed by atoms with Crippen LogP contribution in [-0.2, 0) is 0 Å². The molecule has 0 unspecified atom stereocenters. The Kier molecular flexibility index (Phi) is 4.57. The van der Waals surface area contributed by atoms with Crippen molar-refractivity contribution in [1.82, 2.24) is 14.8 Å². The van der Waals surface area contributed by atoms with Crippen molar-refractivity contribution in [3.8, 4) is 5.75 Å². The predicted octanol–water partition coefficient (Wildman–Crippen LogP) is 3.42. The average molecular weight is 351 g/mol. The molecule has 134 valence electrons. The Balaban J connectivity index is 1.82. The first-order valence-corrected chi connectivity index (χ1v) is 8.88. The van der Waals surface area contributed by atoms with Gasteiger partial charge in [-0.3, -0.25) is 9.88 Å². The molecule has 2 heterocycles. The summed E-state index contributed by atoms with van der Waals surface area (Å²) in [5, 5.41) is 11.9. The van der Waals surface area contributed by atoms with Crippen LogP contribution < -0.4 is 0 Å². The van der Waals surface area contributed by atoms with Gasteiger partial charge in [-0.2, -0.15) is 0 Å². The van der Waals surface area contributed by atoms with Gasteiger partial charge >= 0.3 is 0 Å². The van der Waals surface area contributed by atoms with Crippen LogP contribution >= 0.6 is 0 Å². The molecule has 0 aliphatic carbocycles. The number of phenols is 1. The summed E-state index contributed by atoms with van der Waals surface area (Å²) in [5.41, 5.74) is 2.39. The van der Waals surface area contributed by atoms with Gasteiger partial charge in [0.25, 0.3) is 0 Å². The molecule has 1 N–H and O–H groups in total. The lowest BCUT2D eigenvalue weighted by atomic mass is 9.94. The molecule has 5 heteroatoms. The van der Waals surface area contributed by atoms with Crippen molar-refractivity contribution in [2.45, 2.75) is 6.04 Å². The van der Waals surface area contributed by atoms with Crippen LogP contribution in [0.3, 0.4) is 0 Å². The maximum Gasteiger partial charge on any atom is 0.146 e. The zero-order chi connectivity index (χ0) is 18.1. The third-order valence-electron chi connectivity index (χ3n) is 5.16. The molecule has 0 bridgehead atoms. The molecule has 0 radical (unpaired) electrons. The highest BCUT2D eigenvalue weighted by Crippen LogP contribution is 2.38. The standard InChI is InChI=1S/C21H22FN3O/c1-24-11-13-25(14-12-24)20(16-4-7-17(22)8-5-16)18-9-6-15-3-2-10-23-19(15)21(18)26/h2-10,20,26H,11-14H2,1H3/t20-/m1/s1. The molecule has 1 atom stereocenters. The summed E-state index contributed by atoms with van der Waals surface area (Å²) < 4.78 is 13.5. The molecular weight excluding hydrogens is 329 g/mol. The average Bonchev–Trinajstić information content (AvgIpc) is 2.67. The van der Waals surface area contributed by atoms with Gasteiger partial charge in [0, 0.05) is 43.3 Å². The SMILES string of the molecule is CN1CCN([C@H](c2ccc(F)cc2)c2ccc3cccnc3c2O)CC1. The van der Waals surface area contributed by atoms with Crippen LogP contribution in [0.4, 0.5) is 4.39 Å². The Morgan fingerprint density at radius 1 is 1.00 bits per heavy atom. The second kappa shape index (κ2) is 7.02. The van der Waals surface area contributed by atoms with Crippen molar-refractivity contribution in [2.24, 2.45) is 0 Å². The molecule has 1 aliphatic rings. The number of halogens is 1. The van der Waals surface area contributed by atoms with Gasteiger partial charge in [0.1, 0.15) is 17.1 Å². The number of aromatic hydroxyl groups is 1. The van der Waals surface area contributed by atoms with Crippen LogP contribution in [0.2, 0.25) is 0 Å². The number of fused-ring (bicyclic) bond motifs is 1. The minimum atomic E-state index is -0.254. The lowest BCUT2D eigenvalue weighted by Crippen LogP contribution is -2.46. The largest absolute Gasteiger partial charge is 0.505 e. The number of piperazine rings is 1. The maximum atomic E-state index is 13.5. The quantitative estimate of drug-likeness (QED) is 0.785. The number of pyridine rings is 1. The van der Waals surface area contributed by atoms with Gasteiger partial charge in [0.2, 0.25) is 0 Å². The Morgan fingerprint density at radius 3 is 2.46 bits per heavy atom. The Hall–Kier alpha value is -2.50. The molecule has 26 heavy (non-hydrogen) atoms. The highest BCUT2D eigenvalue weighted by Gasteiger charge is 2.28. The van der Waals surface area contributed by atoms with E-state index in [2.05, 4.69) is 21.8 Å². The molecule has 0 spiro atoms. The fraction of sp³-hybridized carbons (Fsp3) is 0.286. The summed E-state index contributed by atoms with van der Waals surface area (Å²) in [5.74, 6) is -0.0494. The van der Waals surface area contributed by atoms with Crippen molar-refractivity contribution in [3.63, 3.8) is 0 Å². The van der Waals surface area contributed by atoms with Gasteiger partial charge in [-0.05, 0) is 30.8 Å². The first-order chi connectivity index (χ1) is 12.6. The Morgan fingerprint density at radius 2 is 1.73 bits per heavy atom. The molecule has 4 rings (SSSR count). The summed E-state index contributed by atoms with van der Waals surface area (Å²) in [6.07, 6.45) is 1.69. The molecular formula is C21H22FN3O. The molecule has 3 aromatic rings. The second-order valence-corrected chi connectivity index (χ2v) is 6.87. The zero-order valence-electron chi connectivity index (χ0n) is 14.8. The second-order valence-electron chi connectivity index (χ2n) is 6.87. The monoisotopic (exact) mass is 351 g/mol. The Labute approximate surface area is 152 Å². The number of phenolic OH excluding ortho intramolecular Hbond substituents is 1. The van der Waals surface area contributed by atoms with E-state index in [0.717, 1.165) is 42.7 Å². The van der Waals surface area contributed by atoms with Crippen LogP contribution in [0.25, 0.3) is 10.9 Å². The highest BCUT2D eigenvalue weighted by molar-refractivity contribution is 5.85. The normalized spacial score (nSPS) is 17.5. The van der Waals surface area contributed by atoms with Gasteiger partial charge in [-0.15, -0.1) is 0 Å². The number of nitrogens with zero attached hydrogens (tertiary/aromatic N) is 3. The minimum absolute atomic E-state index is 0.129. The fourth-order valence-corrected chi connectivity index (χ4v) is 3.68. The third-order valence-corrected chi connectivity index (χ3v) is 5.16. The fourth-order valence-electron chi connectivity index (χ4n) is 3.68. The number of benzene rings is 2. The van der Waals surface area contributed by atoms with Crippen LogP contribution in [0.1, 0.15) is 17.2 Å². The van der Waals surface area contributed by atoms with Gasteiger partial charge in [0.15, 0.2) is 0 Å². The summed E-state index contributed by atoms with van der Waals surface area (Å²) in [6.45, 7) is 3.70. The highest BCUT2D eigenvalue weighted by atomic mass is 19.1. The smallest absolute Gasteiger partial charge is 0.146 e. The summed E-state index contributed by atoms with van der Waals surface area (Å²) in [6, 6.07) is 14.2. The van der Waals surface area contributed by atoms with Gasteiger partial charge in [-0.1, -0.05) is 30.3 Å². The molecule has 1 aliphatic heterocycles. The molecule has 4 nitrogen and oxygen atoms in total. The van der Waals surface area contributed by atoms with E-state index in [0.29, 0.717) is 5.52 Å². The van der Waals surface area contributed by atoms with E-state index in [9.17, 15) is 9.50 Å². The van der Waals surface area contributed by atoms with Crippen molar-refractivity contribution < 1.29 is 9.50 Å². The lowest BCUT2D eigenvalue weighted by Gasteiger charge is -2.38. The first kappa shape index (κ1) is 16.9. The van der Waals surface area contributed by atoms with E-state index in [1.807, 2.05) is 24.3 Å².